The minimum Gasteiger partial charge on any atom is -0.304 e. The number of hydrogen-bond acceptors (Lipinski definition) is 3. The van der Waals surface area contributed by atoms with Gasteiger partial charge in [0, 0.05) is 26.2 Å². The maximum atomic E-state index is 13.7. The number of halogens is 1. The van der Waals surface area contributed by atoms with Gasteiger partial charge in [0.05, 0.1) is 12.1 Å². The first kappa shape index (κ1) is 13.2. The zero-order valence-electron chi connectivity index (χ0n) is 10.9. The van der Waals surface area contributed by atoms with Gasteiger partial charge in [-0.15, -0.1) is 0 Å². The molecule has 1 fully saturated rings. The molecule has 0 saturated carbocycles. The number of carbonyl (C=O) groups is 1. The van der Waals surface area contributed by atoms with Gasteiger partial charge in [-0.25, -0.2) is 4.39 Å². The molecule has 0 aromatic heterocycles. The molecule has 1 heterocycles. The lowest BCUT2D eigenvalue weighted by atomic mass is 10.1. The number of aryl methyl sites for hydroxylation is 1. The second kappa shape index (κ2) is 5.59. The summed E-state index contributed by atoms with van der Waals surface area (Å²) in [5.74, 6) is -0.536. The summed E-state index contributed by atoms with van der Waals surface area (Å²) in [5.41, 5.74) is 1.04. The van der Waals surface area contributed by atoms with Crippen LogP contribution in [0.15, 0.2) is 18.2 Å². The SMILES string of the molecule is Cc1ccc(C(=O)CN2CCN(C)CC2)c(F)c1. The summed E-state index contributed by atoms with van der Waals surface area (Å²) < 4.78 is 13.7. The Labute approximate surface area is 107 Å². The normalized spacial score (nSPS) is 17.9. The molecule has 0 spiro atoms. The number of nitrogens with zero attached hydrogens (tertiary/aromatic N) is 2. The van der Waals surface area contributed by atoms with E-state index in [0.29, 0.717) is 6.54 Å². The van der Waals surface area contributed by atoms with Gasteiger partial charge in [-0.2, -0.15) is 0 Å². The first-order valence-corrected chi connectivity index (χ1v) is 6.26. The summed E-state index contributed by atoms with van der Waals surface area (Å²) in [6.45, 7) is 5.80. The van der Waals surface area contributed by atoms with Crippen molar-refractivity contribution < 1.29 is 9.18 Å². The molecule has 0 bridgehead atoms. The Morgan fingerprint density at radius 3 is 2.56 bits per heavy atom. The first-order valence-electron chi connectivity index (χ1n) is 6.26. The largest absolute Gasteiger partial charge is 0.304 e. The number of likely N-dealkylation sites (N-methyl/N-ethyl adjacent to an activating group) is 1. The van der Waals surface area contributed by atoms with Gasteiger partial charge in [-0.05, 0) is 31.7 Å². The molecule has 4 heteroatoms. The Morgan fingerprint density at radius 1 is 1.28 bits per heavy atom. The molecule has 0 amide bonds. The third-order valence-corrected chi connectivity index (χ3v) is 3.39. The van der Waals surface area contributed by atoms with E-state index in [1.165, 1.54) is 6.07 Å². The highest BCUT2D eigenvalue weighted by Gasteiger charge is 2.19. The van der Waals surface area contributed by atoms with E-state index >= 15 is 0 Å². The minimum absolute atomic E-state index is 0.128. The van der Waals surface area contributed by atoms with Crippen LogP contribution < -0.4 is 0 Å². The van der Waals surface area contributed by atoms with Gasteiger partial charge >= 0.3 is 0 Å². The van der Waals surface area contributed by atoms with Gasteiger partial charge in [0.25, 0.3) is 0 Å². The van der Waals surface area contributed by atoms with Crippen molar-refractivity contribution in [1.29, 1.82) is 0 Å². The minimum atomic E-state index is -0.408. The van der Waals surface area contributed by atoms with E-state index in [4.69, 9.17) is 0 Å². The fourth-order valence-corrected chi connectivity index (χ4v) is 2.14. The smallest absolute Gasteiger partial charge is 0.179 e. The number of carbonyl (C=O) groups excluding carboxylic acids is 1. The number of piperazine rings is 1. The van der Waals surface area contributed by atoms with Crippen LogP contribution in [0.3, 0.4) is 0 Å². The maximum Gasteiger partial charge on any atom is 0.179 e. The van der Waals surface area contributed by atoms with Crippen LogP contribution >= 0.6 is 0 Å². The summed E-state index contributed by atoms with van der Waals surface area (Å²) in [6.07, 6.45) is 0. The fourth-order valence-electron chi connectivity index (χ4n) is 2.14. The van der Waals surface area contributed by atoms with Gasteiger partial charge in [-0.3, -0.25) is 9.69 Å². The molecule has 0 N–H and O–H groups in total. The number of Topliss-reactive ketones (excluding diaryl/α,β-unsaturated/α-hetero) is 1. The van der Waals surface area contributed by atoms with Crippen molar-refractivity contribution in [2.75, 3.05) is 39.8 Å². The standard InChI is InChI=1S/C14H19FN2O/c1-11-3-4-12(13(15)9-11)14(18)10-17-7-5-16(2)6-8-17/h3-4,9H,5-8,10H2,1-2H3. The van der Waals surface area contributed by atoms with Crippen LogP contribution in [-0.2, 0) is 0 Å². The van der Waals surface area contributed by atoms with Crippen LogP contribution in [-0.4, -0.2) is 55.4 Å². The van der Waals surface area contributed by atoms with Crippen LogP contribution in [0.5, 0.6) is 0 Å². The summed E-state index contributed by atoms with van der Waals surface area (Å²) in [5, 5.41) is 0. The Bertz CT molecular complexity index is 439. The molecule has 0 aliphatic carbocycles. The van der Waals surface area contributed by atoms with Crippen molar-refractivity contribution >= 4 is 5.78 Å². The molecule has 18 heavy (non-hydrogen) atoms. The third kappa shape index (κ3) is 3.15. The van der Waals surface area contributed by atoms with E-state index in [0.717, 1.165) is 31.7 Å². The Morgan fingerprint density at radius 2 is 1.94 bits per heavy atom. The summed E-state index contributed by atoms with van der Waals surface area (Å²) in [4.78, 5) is 16.3. The van der Waals surface area contributed by atoms with Crippen LogP contribution in [0.1, 0.15) is 15.9 Å². The second-order valence-electron chi connectivity index (χ2n) is 4.99. The van der Waals surface area contributed by atoms with E-state index in [1.807, 2.05) is 6.92 Å². The lowest BCUT2D eigenvalue weighted by molar-refractivity contribution is 0.0872. The molecule has 0 atom stereocenters. The van der Waals surface area contributed by atoms with Gasteiger partial charge < -0.3 is 4.90 Å². The molecule has 1 aromatic rings. The van der Waals surface area contributed by atoms with Gasteiger partial charge in [0.2, 0.25) is 0 Å². The van der Waals surface area contributed by atoms with Crippen LogP contribution in [0.25, 0.3) is 0 Å². The van der Waals surface area contributed by atoms with Gasteiger partial charge in [0.15, 0.2) is 5.78 Å². The van der Waals surface area contributed by atoms with Crippen LogP contribution in [0.4, 0.5) is 4.39 Å². The predicted octanol–water partition coefficient (Wildman–Crippen LogP) is 1.56. The van der Waals surface area contributed by atoms with Crippen molar-refractivity contribution in [3.8, 4) is 0 Å². The van der Waals surface area contributed by atoms with E-state index < -0.39 is 5.82 Å². The summed E-state index contributed by atoms with van der Waals surface area (Å²) in [7, 11) is 2.07. The highest BCUT2D eigenvalue weighted by molar-refractivity contribution is 5.97. The van der Waals surface area contributed by atoms with E-state index in [1.54, 1.807) is 12.1 Å². The third-order valence-electron chi connectivity index (χ3n) is 3.39. The van der Waals surface area contributed by atoms with E-state index in [2.05, 4.69) is 16.8 Å². The number of rotatable bonds is 3. The first-order chi connectivity index (χ1) is 8.56. The monoisotopic (exact) mass is 250 g/mol. The van der Waals surface area contributed by atoms with Crippen molar-refractivity contribution in [3.05, 3.63) is 35.1 Å². The summed E-state index contributed by atoms with van der Waals surface area (Å²) >= 11 is 0. The molecule has 0 unspecified atom stereocenters. The summed E-state index contributed by atoms with van der Waals surface area (Å²) in [6, 6.07) is 4.78. The maximum absolute atomic E-state index is 13.7. The van der Waals surface area contributed by atoms with Crippen molar-refractivity contribution in [2.45, 2.75) is 6.92 Å². The average Bonchev–Trinajstić information content (AvgIpc) is 2.32. The van der Waals surface area contributed by atoms with Gasteiger partial charge in [-0.1, -0.05) is 6.07 Å². The molecule has 2 rings (SSSR count). The molecule has 0 radical (unpaired) electrons. The lowest BCUT2D eigenvalue weighted by Gasteiger charge is -2.31. The van der Waals surface area contributed by atoms with E-state index in [9.17, 15) is 9.18 Å². The highest BCUT2D eigenvalue weighted by Crippen LogP contribution is 2.11. The highest BCUT2D eigenvalue weighted by atomic mass is 19.1. The second-order valence-corrected chi connectivity index (χ2v) is 4.99. The van der Waals surface area contributed by atoms with E-state index in [-0.39, 0.29) is 11.3 Å². The Hall–Kier alpha value is -1.26. The number of hydrogen-bond donors (Lipinski definition) is 0. The predicted molar refractivity (Wildman–Crippen MR) is 69.4 cm³/mol. The molecule has 1 aliphatic heterocycles. The van der Waals surface area contributed by atoms with Gasteiger partial charge in [0.1, 0.15) is 5.82 Å². The van der Waals surface area contributed by atoms with Crippen molar-refractivity contribution in [3.63, 3.8) is 0 Å². The quantitative estimate of drug-likeness (QED) is 0.761. The molecule has 3 nitrogen and oxygen atoms in total. The Balaban J connectivity index is 1.99. The van der Waals surface area contributed by atoms with Crippen LogP contribution in [0, 0.1) is 12.7 Å². The molecular weight excluding hydrogens is 231 g/mol. The average molecular weight is 250 g/mol. The number of ketones is 1. The number of benzene rings is 1. The molecule has 1 aromatic carbocycles. The van der Waals surface area contributed by atoms with Crippen LogP contribution in [0.2, 0.25) is 0 Å². The topological polar surface area (TPSA) is 23.6 Å². The lowest BCUT2D eigenvalue weighted by Crippen LogP contribution is -2.46. The molecule has 1 saturated heterocycles. The zero-order valence-corrected chi connectivity index (χ0v) is 10.9. The molecule has 98 valence electrons. The molecule has 1 aliphatic rings. The van der Waals surface area contributed by atoms with Crippen molar-refractivity contribution in [1.82, 2.24) is 9.80 Å². The zero-order chi connectivity index (χ0) is 13.1. The fraction of sp³-hybridized carbons (Fsp3) is 0.500. The Kier molecular flexibility index (Phi) is 4.09. The molecular formula is C14H19FN2O. The van der Waals surface area contributed by atoms with Crippen molar-refractivity contribution in [2.24, 2.45) is 0 Å².